The molecule has 1 aromatic carbocycles. The Balaban J connectivity index is 2.96. The van der Waals surface area contributed by atoms with E-state index in [9.17, 15) is 13.6 Å². The lowest BCUT2D eigenvalue weighted by molar-refractivity contribution is 0.0589. The van der Waals surface area contributed by atoms with E-state index >= 15 is 0 Å². The molecule has 0 fully saturated rings. The number of esters is 1. The van der Waals surface area contributed by atoms with Gasteiger partial charge in [-0.15, -0.1) is 0 Å². The lowest BCUT2D eigenvalue weighted by atomic mass is 10.1. The summed E-state index contributed by atoms with van der Waals surface area (Å²) >= 11 is 1.48. The Morgan fingerprint density at radius 3 is 2.20 bits per heavy atom. The van der Waals surface area contributed by atoms with Gasteiger partial charge < -0.3 is 4.74 Å². The molecule has 1 aromatic rings. The van der Waals surface area contributed by atoms with Crippen molar-refractivity contribution >= 4 is 17.9 Å². The Morgan fingerprint density at radius 2 is 1.80 bits per heavy atom. The second kappa shape index (κ2) is 6.54. The molecule has 0 radical (unpaired) electrons. The lowest BCUT2D eigenvalue weighted by Crippen LogP contribution is -2.20. The highest BCUT2D eigenvalue weighted by atomic mass is 32.2. The molecular weight excluding hydrogens is 284 g/mol. The first-order valence-electron chi connectivity index (χ1n) is 6.16. The van der Waals surface area contributed by atoms with Crippen LogP contribution in [0.2, 0.25) is 0 Å². The van der Waals surface area contributed by atoms with Crippen molar-refractivity contribution in [3.8, 4) is 0 Å². The zero-order valence-electron chi connectivity index (χ0n) is 12.2. The third-order valence-electron chi connectivity index (χ3n) is 2.50. The highest BCUT2D eigenvalue weighted by Gasteiger charge is 2.21. The monoisotopic (exact) mass is 303 g/mol. The smallest absolute Gasteiger partial charge is 0.343 e. The number of benzene rings is 1. The van der Waals surface area contributed by atoms with Crippen molar-refractivity contribution in [1.29, 1.82) is 0 Å². The van der Waals surface area contributed by atoms with E-state index in [1.54, 1.807) is 6.92 Å². The Kier molecular flexibility index (Phi) is 5.53. The van der Waals surface area contributed by atoms with Crippen LogP contribution in [0.3, 0.4) is 0 Å². The molecule has 0 aromatic heterocycles. The molecule has 0 saturated carbocycles. The van der Waals surface area contributed by atoms with E-state index in [-0.39, 0.29) is 10.8 Å². The maximum absolute atomic E-state index is 13.8. The number of hydrogen-bond acceptors (Lipinski definition) is 4. The van der Waals surface area contributed by atoms with Crippen LogP contribution in [0.25, 0.3) is 0 Å². The first kappa shape index (κ1) is 16.9. The molecule has 0 saturated heterocycles. The summed E-state index contributed by atoms with van der Waals surface area (Å²) in [6.45, 7) is 7.88. The van der Waals surface area contributed by atoms with Crippen LogP contribution in [0, 0.1) is 11.6 Å². The van der Waals surface area contributed by atoms with Gasteiger partial charge in [0.25, 0.3) is 0 Å². The summed E-state index contributed by atoms with van der Waals surface area (Å²) < 4.78 is 35.1. The topological polar surface area (TPSA) is 38.3 Å². The molecule has 1 unspecified atom stereocenters. The molecule has 0 aliphatic heterocycles. The highest BCUT2D eigenvalue weighted by molar-refractivity contribution is 7.98. The maximum Gasteiger partial charge on any atom is 0.343 e. The van der Waals surface area contributed by atoms with Crippen molar-refractivity contribution in [2.75, 3.05) is 7.11 Å². The summed E-state index contributed by atoms with van der Waals surface area (Å²) in [6, 6.07) is 2.04. The first-order chi connectivity index (χ1) is 9.15. The van der Waals surface area contributed by atoms with E-state index in [0.29, 0.717) is 5.56 Å². The fraction of sp³-hybridized carbons (Fsp3) is 0.500. The molecule has 0 heterocycles. The number of ether oxygens (including phenoxy) is 1. The van der Waals surface area contributed by atoms with Crippen molar-refractivity contribution in [2.24, 2.45) is 0 Å². The Labute approximate surface area is 122 Å². The summed E-state index contributed by atoms with van der Waals surface area (Å²) in [5.74, 6) is -2.85. The molecule has 3 nitrogen and oxygen atoms in total. The quantitative estimate of drug-likeness (QED) is 0.677. The average Bonchev–Trinajstić information content (AvgIpc) is 2.33. The zero-order chi connectivity index (χ0) is 15.5. The van der Waals surface area contributed by atoms with Crippen molar-refractivity contribution in [1.82, 2.24) is 4.72 Å². The molecule has 0 bridgehead atoms. The number of rotatable bonds is 4. The maximum atomic E-state index is 13.8. The van der Waals surface area contributed by atoms with Crippen molar-refractivity contribution in [2.45, 2.75) is 38.5 Å². The average molecular weight is 303 g/mol. The minimum Gasteiger partial charge on any atom is -0.465 e. The Bertz CT molecular complexity index is 477. The molecule has 1 N–H and O–H groups in total. The van der Waals surface area contributed by atoms with E-state index in [1.165, 1.54) is 11.9 Å². The molecule has 6 heteroatoms. The van der Waals surface area contributed by atoms with Gasteiger partial charge in [-0.05, 0) is 45.4 Å². The SMILES string of the molecule is COC(=O)c1c(F)cc(C(C)NSC(C)(C)C)cc1F. The molecular formula is C14H19F2NO2S. The summed E-state index contributed by atoms with van der Waals surface area (Å²) in [5, 5.41) is 0. The number of halogens is 2. The normalized spacial score (nSPS) is 13.2. The van der Waals surface area contributed by atoms with Crippen LogP contribution >= 0.6 is 11.9 Å². The van der Waals surface area contributed by atoms with Gasteiger partial charge >= 0.3 is 5.97 Å². The summed E-state index contributed by atoms with van der Waals surface area (Å²) in [7, 11) is 1.08. The van der Waals surface area contributed by atoms with Crippen LogP contribution in [0.1, 0.15) is 49.7 Å². The third kappa shape index (κ3) is 4.45. The fourth-order valence-electron chi connectivity index (χ4n) is 1.47. The van der Waals surface area contributed by atoms with Crippen LogP contribution in [-0.4, -0.2) is 17.8 Å². The van der Waals surface area contributed by atoms with E-state index in [2.05, 4.69) is 9.46 Å². The molecule has 0 aliphatic rings. The van der Waals surface area contributed by atoms with Gasteiger partial charge in [-0.2, -0.15) is 0 Å². The van der Waals surface area contributed by atoms with Crippen LogP contribution in [-0.2, 0) is 4.74 Å². The van der Waals surface area contributed by atoms with Gasteiger partial charge in [0, 0.05) is 10.8 Å². The summed E-state index contributed by atoms with van der Waals surface area (Å²) in [4.78, 5) is 11.3. The fourth-order valence-corrected chi connectivity index (χ4v) is 2.14. The predicted octanol–water partition coefficient (Wildman–Crippen LogP) is 3.85. The molecule has 0 aliphatic carbocycles. The number of methoxy groups -OCH3 is 1. The number of carbonyl (C=O) groups excluding carboxylic acids is 1. The minimum atomic E-state index is -1.02. The first-order valence-corrected chi connectivity index (χ1v) is 6.98. The van der Waals surface area contributed by atoms with Crippen LogP contribution in [0.4, 0.5) is 8.78 Å². The number of hydrogen-bond donors (Lipinski definition) is 1. The van der Waals surface area contributed by atoms with Crippen molar-refractivity contribution in [3.63, 3.8) is 0 Å². The van der Waals surface area contributed by atoms with Crippen LogP contribution in [0.5, 0.6) is 0 Å². The number of carbonyl (C=O) groups is 1. The Morgan fingerprint density at radius 1 is 1.30 bits per heavy atom. The van der Waals surface area contributed by atoms with Gasteiger partial charge in [-0.3, -0.25) is 4.72 Å². The largest absolute Gasteiger partial charge is 0.465 e. The van der Waals surface area contributed by atoms with Gasteiger partial charge in [0.2, 0.25) is 0 Å². The summed E-state index contributed by atoms with van der Waals surface area (Å²) in [5.41, 5.74) is -0.226. The molecule has 20 heavy (non-hydrogen) atoms. The van der Waals surface area contributed by atoms with Crippen LogP contribution < -0.4 is 4.72 Å². The van der Waals surface area contributed by atoms with E-state index in [1.807, 2.05) is 20.8 Å². The van der Waals surface area contributed by atoms with E-state index < -0.39 is 23.2 Å². The standard InChI is InChI=1S/C14H19F2NO2S/c1-8(17-20-14(2,3)4)9-6-10(15)12(11(16)7-9)13(18)19-5/h6-8,17H,1-5H3. The van der Waals surface area contributed by atoms with Gasteiger partial charge in [-0.25, -0.2) is 13.6 Å². The molecule has 0 spiro atoms. The van der Waals surface area contributed by atoms with Gasteiger partial charge in [-0.1, -0.05) is 11.9 Å². The van der Waals surface area contributed by atoms with Crippen molar-refractivity contribution < 1.29 is 18.3 Å². The third-order valence-corrected chi connectivity index (χ3v) is 3.58. The van der Waals surface area contributed by atoms with E-state index in [4.69, 9.17) is 0 Å². The molecule has 112 valence electrons. The summed E-state index contributed by atoms with van der Waals surface area (Å²) in [6.07, 6.45) is 0. The lowest BCUT2D eigenvalue weighted by Gasteiger charge is -2.22. The minimum absolute atomic E-state index is 0.0166. The molecule has 0 amide bonds. The van der Waals surface area contributed by atoms with Gasteiger partial charge in [0.1, 0.15) is 17.2 Å². The second-order valence-electron chi connectivity index (χ2n) is 5.41. The predicted molar refractivity (Wildman–Crippen MR) is 76.6 cm³/mol. The van der Waals surface area contributed by atoms with Crippen LogP contribution in [0.15, 0.2) is 12.1 Å². The number of nitrogens with one attached hydrogen (secondary N) is 1. The highest BCUT2D eigenvalue weighted by Crippen LogP contribution is 2.26. The Hall–Kier alpha value is -1.14. The zero-order valence-corrected chi connectivity index (χ0v) is 13.0. The molecule has 1 rings (SSSR count). The van der Waals surface area contributed by atoms with Gasteiger partial charge in [0.15, 0.2) is 0 Å². The molecule has 1 atom stereocenters. The van der Waals surface area contributed by atoms with Gasteiger partial charge in [0.05, 0.1) is 7.11 Å². The van der Waals surface area contributed by atoms with E-state index in [0.717, 1.165) is 19.2 Å². The van der Waals surface area contributed by atoms with Crippen molar-refractivity contribution in [3.05, 3.63) is 34.9 Å². The second-order valence-corrected chi connectivity index (χ2v) is 7.07.